The van der Waals surface area contributed by atoms with Gasteiger partial charge in [0.1, 0.15) is 0 Å². The fourth-order valence-corrected chi connectivity index (χ4v) is 3.29. The van der Waals surface area contributed by atoms with Crippen molar-refractivity contribution in [2.45, 2.75) is 39.2 Å². The first kappa shape index (κ1) is 12.5. The number of benzene rings is 1. The van der Waals surface area contributed by atoms with Crippen molar-refractivity contribution in [2.24, 2.45) is 5.92 Å². The standard InChI is InChI=1S/C18H23N/c1-14-6-5-9-16-11-10-15-7-3-4-8-17(15)13-19(2)18(16)12-14/h3-5,7-9,14H,6,10-13H2,1-2H3. The third kappa shape index (κ3) is 2.60. The summed E-state index contributed by atoms with van der Waals surface area (Å²) in [7, 11) is 2.25. The first-order valence-electron chi connectivity index (χ1n) is 7.40. The summed E-state index contributed by atoms with van der Waals surface area (Å²) in [5, 5.41) is 0. The number of aryl methyl sites for hydroxylation is 1. The maximum atomic E-state index is 2.47. The lowest BCUT2D eigenvalue weighted by Crippen LogP contribution is -2.22. The van der Waals surface area contributed by atoms with Gasteiger partial charge >= 0.3 is 0 Å². The molecule has 2 aliphatic rings. The summed E-state index contributed by atoms with van der Waals surface area (Å²) < 4.78 is 0. The van der Waals surface area contributed by atoms with Gasteiger partial charge in [-0.05, 0) is 48.3 Å². The van der Waals surface area contributed by atoms with Gasteiger partial charge in [-0.15, -0.1) is 0 Å². The molecule has 0 radical (unpaired) electrons. The quantitative estimate of drug-likeness (QED) is 0.666. The fraction of sp³-hybridized carbons (Fsp3) is 0.444. The van der Waals surface area contributed by atoms with E-state index in [1.807, 2.05) is 0 Å². The summed E-state index contributed by atoms with van der Waals surface area (Å²) in [6, 6.07) is 8.91. The van der Waals surface area contributed by atoms with Crippen molar-refractivity contribution in [3.63, 3.8) is 0 Å². The highest BCUT2D eigenvalue weighted by Gasteiger charge is 2.19. The molecule has 0 N–H and O–H groups in total. The molecule has 0 bridgehead atoms. The van der Waals surface area contributed by atoms with Gasteiger partial charge in [0.15, 0.2) is 0 Å². The lowest BCUT2D eigenvalue weighted by atomic mass is 9.94. The van der Waals surface area contributed by atoms with E-state index in [0.717, 1.165) is 12.5 Å². The third-order valence-electron chi connectivity index (χ3n) is 4.42. The Bertz CT molecular complexity index is 524. The molecule has 100 valence electrons. The van der Waals surface area contributed by atoms with Gasteiger partial charge < -0.3 is 4.90 Å². The molecule has 1 aromatic carbocycles. The Hall–Kier alpha value is -1.50. The number of hydrogen-bond donors (Lipinski definition) is 0. The molecule has 1 heteroatoms. The predicted octanol–water partition coefficient (Wildman–Crippen LogP) is 4.30. The maximum Gasteiger partial charge on any atom is 0.0426 e. The molecule has 0 aromatic heterocycles. The molecule has 3 rings (SSSR count). The molecule has 0 fully saturated rings. The smallest absolute Gasteiger partial charge is 0.0426 e. The van der Waals surface area contributed by atoms with E-state index < -0.39 is 0 Å². The summed E-state index contributed by atoms with van der Waals surface area (Å²) in [6.45, 7) is 3.41. The lowest BCUT2D eigenvalue weighted by Gasteiger charge is -2.29. The molecule has 0 saturated heterocycles. The van der Waals surface area contributed by atoms with Gasteiger partial charge in [-0.2, -0.15) is 0 Å². The summed E-state index contributed by atoms with van der Waals surface area (Å²) in [5.41, 5.74) is 6.14. The Morgan fingerprint density at radius 1 is 1.11 bits per heavy atom. The van der Waals surface area contributed by atoms with Crippen LogP contribution in [0, 0.1) is 5.92 Å². The molecule has 1 aliphatic heterocycles. The van der Waals surface area contributed by atoms with Gasteiger partial charge in [-0.25, -0.2) is 0 Å². The number of hydrogen-bond acceptors (Lipinski definition) is 1. The van der Waals surface area contributed by atoms with Gasteiger partial charge in [-0.3, -0.25) is 0 Å². The zero-order valence-corrected chi connectivity index (χ0v) is 12.0. The number of allylic oxidation sites excluding steroid dienone is 4. The molecule has 0 spiro atoms. The zero-order valence-electron chi connectivity index (χ0n) is 12.0. The van der Waals surface area contributed by atoms with Crippen LogP contribution in [0.2, 0.25) is 0 Å². The molecular weight excluding hydrogens is 230 g/mol. The van der Waals surface area contributed by atoms with Crippen molar-refractivity contribution in [1.29, 1.82) is 0 Å². The van der Waals surface area contributed by atoms with Crippen LogP contribution < -0.4 is 0 Å². The van der Waals surface area contributed by atoms with Crippen LogP contribution in [0.15, 0.2) is 47.7 Å². The SMILES string of the molecule is CC1CC=CC2=C(C1)N(C)Cc1ccccc1CC2. The van der Waals surface area contributed by atoms with Crippen molar-refractivity contribution < 1.29 is 0 Å². The molecule has 0 amide bonds. The van der Waals surface area contributed by atoms with Gasteiger partial charge in [0.25, 0.3) is 0 Å². The van der Waals surface area contributed by atoms with Crippen LogP contribution in [-0.2, 0) is 13.0 Å². The summed E-state index contributed by atoms with van der Waals surface area (Å²) in [6.07, 6.45) is 9.55. The van der Waals surface area contributed by atoms with Crippen LogP contribution in [0.4, 0.5) is 0 Å². The molecule has 1 atom stereocenters. The summed E-state index contributed by atoms with van der Waals surface area (Å²) in [4.78, 5) is 2.47. The van der Waals surface area contributed by atoms with Crippen LogP contribution in [0.1, 0.15) is 37.3 Å². The van der Waals surface area contributed by atoms with Crippen molar-refractivity contribution >= 4 is 0 Å². The monoisotopic (exact) mass is 253 g/mol. The van der Waals surface area contributed by atoms with Crippen LogP contribution in [-0.4, -0.2) is 11.9 Å². The average molecular weight is 253 g/mol. The van der Waals surface area contributed by atoms with E-state index in [0.29, 0.717) is 0 Å². The van der Waals surface area contributed by atoms with Gasteiger partial charge in [0.05, 0.1) is 0 Å². The van der Waals surface area contributed by atoms with Crippen molar-refractivity contribution in [3.05, 3.63) is 58.8 Å². The molecule has 1 nitrogen and oxygen atoms in total. The Kier molecular flexibility index (Phi) is 3.46. The second-order valence-corrected chi connectivity index (χ2v) is 6.04. The highest BCUT2D eigenvalue weighted by Crippen LogP contribution is 2.31. The minimum Gasteiger partial charge on any atom is -0.373 e. The minimum absolute atomic E-state index is 0.765. The average Bonchev–Trinajstić information content (AvgIpc) is 2.58. The summed E-state index contributed by atoms with van der Waals surface area (Å²) in [5.74, 6) is 0.765. The van der Waals surface area contributed by atoms with Crippen LogP contribution in [0.25, 0.3) is 0 Å². The molecular formula is C18H23N. The van der Waals surface area contributed by atoms with E-state index in [4.69, 9.17) is 0 Å². The zero-order chi connectivity index (χ0) is 13.2. The first-order valence-corrected chi connectivity index (χ1v) is 7.40. The van der Waals surface area contributed by atoms with Gasteiger partial charge in [0, 0.05) is 19.3 Å². The topological polar surface area (TPSA) is 3.24 Å². The van der Waals surface area contributed by atoms with Crippen LogP contribution in [0.3, 0.4) is 0 Å². The van der Waals surface area contributed by atoms with E-state index in [-0.39, 0.29) is 0 Å². The Labute approximate surface area is 116 Å². The highest BCUT2D eigenvalue weighted by atomic mass is 15.1. The largest absolute Gasteiger partial charge is 0.373 e. The number of fused-ring (bicyclic) bond motifs is 1. The highest BCUT2D eigenvalue weighted by molar-refractivity contribution is 5.34. The Balaban J connectivity index is 1.96. The third-order valence-corrected chi connectivity index (χ3v) is 4.42. The minimum atomic E-state index is 0.765. The van der Waals surface area contributed by atoms with Crippen molar-refractivity contribution in [3.8, 4) is 0 Å². The van der Waals surface area contributed by atoms with E-state index >= 15 is 0 Å². The number of rotatable bonds is 0. The first-order chi connectivity index (χ1) is 9.24. The normalized spacial score (nSPS) is 23.3. The maximum absolute atomic E-state index is 2.47. The van der Waals surface area contributed by atoms with E-state index in [1.54, 1.807) is 11.3 Å². The second kappa shape index (κ2) is 5.24. The molecule has 0 saturated carbocycles. The molecule has 1 aromatic rings. The van der Waals surface area contributed by atoms with Crippen molar-refractivity contribution in [1.82, 2.24) is 4.90 Å². The Morgan fingerprint density at radius 3 is 2.74 bits per heavy atom. The van der Waals surface area contributed by atoms with E-state index in [9.17, 15) is 0 Å². The molecule has 1 aliphatic carbocycles. The van der Waals surface area contributed by atoms with Crippen molar-refractivity contribution in [2.75, 3.05) is 7.05 Å². The van der Waals surface area contributed by atoms with E-state index in [2.05, 4.69) is 55.3 Å². The lowest BCUT2D eigenvalue weighted by molar-refractivity contribution is 0.364. The van der Waals surface area contributed by atoms with Gasteiger partial charge in [0.2, 0.25) is 0 Å². The molecule has 1 unspecified atom stereocenters. The predicted molar refractivity (Wildman–Crippen MR) is 80.8 cm³/mol. The summed E-state index contributed by atoms with van der Waals surface area (Å²) >= 11 is 0. The van der Waals surface area contributed by atoms with Crippen LogP contribution >= 0.6 is 0 Å². The molecule has 1 heterocycles. The van der Waals surface area contributed by atoms with Crippen LogP contribution in [0.5, 0.6) is 0 Å². The van der Waals surface area contributed by atoms with E-state index in [1.165, 1.54) is 36.8 Å². The Morgan fingerprint density at radius 2 is 1.89 bits per heavy atom. The number of nitrogens with zero attached hydrogens (tertiary/aromatic N) is 1. The van der Waals surface area contributed by atoms with Gasteiger partial charge in [-0.1, -0.05) is 43.3 Å². The fourth-order valence-electron chi connectivity index (χ4n) is 3.29. The molecule has 19 heavy (non-hydrogen) atoms. The second-order valence-electron chi connectivity index (χ2n) is 6.04.